The highest BCUT2D eigenvalue weighted by molar-refractivity contribution is 5.95. The van der Waals surface area contributed by atoms with Crippen LogP contribution in [0.3, 0.4) is 0 Å². The van der Waals surface area contributed by atoms with Gasteiger partial charge in [0.05, 0.1) is 22.6 Å². The second-order valence-electron chi connectivity index (χ2n) is 4.11. The van der Waals surface area contributed by atoms with Gasteiger partial charge in [0.15, 0.2) is 0 Å². The normalized spacial score (nSPS) is 12.0. The van der Waals surface area contributed by atoms with Crippen LogP contribution in [0.5, 0.6) is 0 Å². The molecule has 0 saturated heterocycles. The maximum atomic E-state index is 13.7. The minimum atomic E-state index is -1.29. The Kier molecular flexibility index (Phi) is 3.87. The number of nitro groups is 1. The molecule has 1 amide bonds. The van der Waals surface area contributed by atoms with Crippen molar-refractivity contribution in [3.63, 3.8) is 0 Å². The molecular weight excluding hydrogens is 288 g/mol. The Hall–Kier alpha value is -2.91. The Morgan fingerprint density at radius 1 is 1.43 bits per heavy atom. The fraction of sp³-hybridized carbons (Fsp3) is 0.182. The van der Waals surface area contributed by atoms with Crippen LogP contribution in [0, 0.1) is 21.7 Å². The predicted octanol–water partition coefficient (Wildman–Crippen LogP) is 1.48. The zero-order chi connectivity index (χ0) is 15.6. The van der Waals surface area contributed by atoms with E-state index in [2.05, 4.69) is 20.5 Å². The van der Waals surface area contributed by atoms with Gasteiger partial charge >= 0.3 is 5.69 Å². The van der Waals surface area contributed by atoms with Crippen LogP contribution in [0.25, 0.3) is 0 Å². The molecule has 1 atom stereocenters. The first-order valence-electron chi connectivity index (χ1n) is 5.69. The van der Waals surface area contributed by atoms with E-state index < -0.39 is 39.8 Å². The van der Waals surface area contributed by atoms with E-state index in [1.807, 2.05) is 0 Å². The van der Waals surface area contributed by atoms with Crippen LogP contribution in [0.15, 0.2) is 18.5 Å². The van der Waals surface area contributed by atoms with Crippen molar-refractivity contribution in [2.45, 2.75) is 13.0 Å². The van der Waals surface area contributed by atoms with Crippen molar-refractivity contribution >= 4 is 11.6 Å². The Morgan fingerprint density at radius 2 is 2.14 bits per heavy atom. The number of rotatable bonds is 4. The summed E-state index contributed by atoms with van der Waals surface area (Å²) in [6.07, 6.45) is 1.23. The Labute approximate surface area is 116 Å². The summed E-state index contributed by atoms with van der Waals surface area (Å²) in [7, 11) is 0. The molecule has 0 radical (unpaired) electrons. The first-order valence-corrected chi connectivity index (χ1v) is 5.69. The van der Waals surface area contributed by atoms with Gasteiger partial charge in [-0.2, -0.15) is 9.49 Å². The molecule has 8 nitrogen and oxygen atoms in total. The van der Waals surface area contributed by atoms with Gasteiger partial charge < -0.3 is 5.32 Å². The van der Waals surface area contributed by atoms with E-state index in [0.717, 1.165) is 0 Å². The molecule has 21 heavy (non-hydrogen) atoms. The van der Waals surface area contributed by atoms with E-state index in [9.17, 15) is 23.7 Å². The first-order chi connectivity index (χ1) is 9.90. The molecule has 0 saturated carbocycles. The highest BCUT2D eigenvalue weighted by atomic mass is 19.1. The zero-order valence-corrected chi connectivity index (χ0v) is 10.6. The molecule has 2 aromatic rings. The first kappa shape index (κ1) is 14.5. The molecule has 2 rings (SSSR count). The summed E-state index contributed by atoms with van der Waals surface area (Å²) in [5.41, 5.74) is -1.67. The van der Waals surface area contributed by atoms with E-state index in [0.29, 0.717) is 18.0 Å². The number of H-pyrrole nitrogens is 1. The number of amides is 1. The van der Waals surface area contributed by atoms with Crippen molar-refractivity contribution in [3.8, 4) is 0 Å². The molecule has 1 aromatic carbocycles. The quantitative estimate of drug-likeness (QED) is 0.655. The summed E-state index contributed by atoms with van der Waals surface area (Å²) < 4.78 is 27.1. The van der Waals surface area contributed by atoms with Crippen LogP contribution in [0.4, 0.5) is 14.5 Å². The standard InChI is InChI=1S/C11H9F2N5O3/c1-5(10-14-4-15-17-10)16-11(19)6-2-8(13)9(18(20)21)3-7(6)12/h2-5H,1H3,(H,16,19)(H,14,15,17). The van der Waals surface area contributed by atoms with Gasteiger partial charge in [0, 0.05) is 0 Å². The lowest BCUT2D eigenvalue weighted by Gasteiger charge is -2.11. The number of carbonyl (C=O) groups is 1. The number of nitrogens with zero attached hydrogens (tertiary/aromatic N) is 3. The summed E-state index contributed by atoms with van der Waals surface area (Å²) in [4.78, 5) is 25.1. The average Bonchev–Trinajstić information content (AvgIpc) is 2.94. The van der Waals surface area contributed by atoms with Gasteiger partial charge in [-0.15, -0.1) is 0 Å². The minimum Gasteiger partial charge on any atom is -0.342 e. The van der Waals surface area contributed by atoms with E-state index in [1.54, 1.807) is 6.92 Å². The molecular formula is C11H9F2N5O3. The van der Waals surface area contributed by atoms with E-state index in [-0.39, 0.29) is 0 Å². The molecule has 0 fully saturated rings. The fourth-order valence-electron chi connectivity index (χ4n) is 1.62. The van der Waals surface area contributed by atoms with Crippen LogP contribution in [-0.4, -0.2) is 26.0 Å². The van der Waals surface area contributed by atoms with Gasteiger partial charge in [0.25, 0.3) is 5.91 Å². The van der Waals surface area contributed by atoms with Crippen LogP contribution >= 0.6 is 0 Å². The van der Waals surface area contributed by atoms with Gasteiger partial charge in [-0.05, 0) is 13.0 Å². The van der Waals surface area contributed by atoms with E-state index in [1.165, 1.54) is 6.33 Å². The molecule has 0 bridgehead atoms. The van der Waals surface area contributed by atoms with Crippen LogP contribution in [0.2, 0.25) is 0 Å². The van der Waals surface area contributed by atoms with Crippen LogP contribution in [-0.2, 0) is 0 Å². The molecule has 1 unspecified atom stereocenters. The number of carbonyl (C=O) groups excluding carboxylic acids is 1. The monoisotopic (exact) mass is 297 g/mol. The van der Waals surface area contributed by atoms with Gasteiger partial charge in [-0.3, -0.25) is 20.0 Å². The predicted molar refractivity (Wildman–Crippen MR) is 65.3 cm³/mol. The van der Waals surface area contributed by atoms with Crippen LogP contribution in [0.1, 0.15) is 29.1 Å². The van der Waals surface area contributed by atoms with Crippen molar-refractivity contribution in [1.29, 1.82) is 0 Å². The maximum Gasteiger partial charge on any atom is 0.307 e. The highest BCUT2D eigenvalue weighted by Gasteiger charge is 2.23. The van der Waals surface area contributed by atoms with Gasteiger partial charge in [-0.1, -0.05) is 0 Å². The van der Waals surface area contributed by atoms with Gasteiger partial charge in [0.1, 0.15) is 18.0 Å². The second kappa shape index (κ2) is 5.61. The smallest absolute Gasteiger partial charge is 0.307 e. The molecule has 10 heteroatoms. The second-order valence-corrected chi connectivity index (χ2v) is 4.11. The highest BCUT2D eigenvalue weighted by Crippen LogP contribution is 2.21. The minimum absolute atomic E-state index is 0.325. The number of aromatic nitrogens is 3. The number of nitrogens with one attached hydrogen (secondary N) is 2. The zero-order valence-electron chi connectivity index (χ0n) is 10.6. The summed E-state index contributed by atoms with van der Waals surface area (Å²) >= 11 is 0. The molecule has 1 aromatic heterocycles. The largest absolute Gasteiger partial charge is 0.342 e. The number of halogens is 2. The Morgan fingerprint density at radius 3 is 2.71 bits per heavy atom. The SMILES string of the molecule is CC(NC(=O)c1cc(F)c([N+](=O)[O-])cc1F)c1ncn[nH]1. The molecule has 0 aliphatic rings. The van der Waals surface area contributed by atoms with Crippen molar-refractivity contribution < 1.29 is 18.5 Å². The van der Waals surface area contributed by atoms with Crippen molar-refractivity contribution in [2.24, 2.45) is 0 Å². The van der Waals surface area contributed by atoms with E-state index in [4.69, 9.17) is 0 Å². The third kappa shape index (κ3) is 2.99. The fourth-order valence-corrected chi connectivity index (χ4v) is 1.62. The summed E-state index contributed by atoms with van der Waals surface area (Å²) in [5.74, 6) is -3.08. The summed E-state index contributed by atoms with van der Waals surface area (Å²) in [6, 6.07) is 0.219. The number of benzene rings is 1. The average molecular weight is 297 g/mol. The molecule has 2 N–H and O–H groups in total. The van der Waals surface area contributed by atoms with Gasteiger partial charge in [-0.25, -0.2) is 9.37 Å². The van der Waals surface area contributed by atoms with Crippen molar-refractivity contribution in [2.75, 3.05) is 0 Å². The molecule has 1 heterocycles. The molecule has 110 valence electrons. The lowest BCUT2D eigenvalue weighted by molar-refractivity contribution is -0.387. The maximum absolute atomic E-state index is 13.7. The Bertz CT molecular complexity index is 689. The number of hydrogen-bond acceptors (Lipinski definition) is 5. The lowest BCUT2D eigenvalue weighted by Crippen LogP contribution is -2.28. The number of aromatic amines is 1. The van der Waals surface area contributed by atoms with Gasteiger partial charge in [0.2, 0.25) is 5.82 Å². The summed E-state index contributed by atoms with van der Waals surface area (Å²) in [5, 5.41) is 18.9. The number of nitro benzene ring substituents is 1. The lowest BCUT2D eigenvalue weighted by atomic mass is 10.1. The summed E-state index contributed by atoms with van der Waals surface area (Å²) in [6.45, 7) is 1.55. The van der Waals surface area contributed by atoms with Crippen molar-refractivity contribution in [1.82, 2.24) is 20.5 Å². The third-order valence-electron chi connectivity index (χ3n) is 2.67. The van der Waals surface area contributed by atoms with Crippen molar-refractivity contribution in [3.05, 3.63) is 51.6 Å². The molecule has 0 aliphatic heterocycles. The topological polar surface area (TPSA) is 114 Å². The van der Waals surface area contributed by atoms with Crippen LogP contribution < -0.4 is 5.32 Å². The van der Waals surface area contributed by atoms with E-state index >= 15 is 0 Å². The molecule has 0 aliphatic carbocycles. The number of hydrogen-bond donors (Lipinski definition) is 2. The Balaban J connectivity index is 2.24. The molecule has 0 spiro atoms. The third-order valence-corrected chi connectivity index (χ3v) is 2.67.